The lowest BCUT2D eigenvalue weighted by atomic mass is 10.2. The van der Waals surface area contributed by atoms with Crippen LogP contribution in [0, 0.1) is 0 Å². The van der Waals surface area contributed by atoms with Crippen molar-refractivity contribution in [1.29, 1.82) is 0 Å². The summed E-state index contributed by atoms with van der Waals surface area (Å²) >= 11 is 0. The topological polar surface area (TPSA) is 18.5 Å². The first kappa shape index (κ1) is 9.28. The lowest BCUT2D eigenvalue weighted by Crippen LogP contribution is -2.16. The molecule has 2 rings (SSSR count). The van der Waals surface area contributed by atoms with Crippen LogP contribution in [0.15, 0.2) is 42.5 Å². The third kappa shape index (κ3) is 2.36. The first-order valence-electron chi connectivity index (χ1n) is 4.81. The minimum Gasteiger partial charge on any atom is -0.491 e. The van der Waals surface area contributed by atoms with Gasteiger partial charge in [-0.25, -0.2) is 0 Å². The van der Waals surface area contributed by atoms with Crippen LogP contribution in [-0.4, -0.2) is 19.3 Å². The first-order chi connectivity index (χ1) is 6.84. The zero-order valence-corrected chi connectivity index (χ0v) is 8.11. The maximum atomic E-state index is 5.57. The molecule has 14 heavy (non-hydrogen) atoms. The highest BCUT2D eigenvalue weighted by Gasteiger charge is 2.18. The first-order valence-corrected chi connectivity index (χ1v) is 4.81. The number of ether oxygens (including phenoxy) is 2. The Morgan fingerprint density at radius 1 is 1.36 bits per heavy atom. The van der Waals surface area contributed by atoms with Gasteiger partial charge in [0.2, 0.25) is 0 Å². The molecule has 2 nitrogen and oxygen atoms in total. The second kappa shape index (κ2) is 4.29. The molecule has 0 spiro atoms. The molecular formula is C12H14O2. The molecule has 1 aromatic rings. The van der Waals surface area contributed by atoms with Crippen molar-refractivity contribution >= 4 is 0 Å². The van der Waals surface area contributed by atoms with Crippen LogP contribution < -0.4 is 4.74 Å². The fraction of sp³-hybridized carbons (Fsp3) is 0.333. The van der Waals surface area contributed by atoms with Gasteiger partial charge in [-0.15, -0.1) is 0 Å². The van der Waals surface area contributed by atoms with Crippen molar-refractivity contribution in [3.8, 4) is 5.75 Å². The predicted octanol–water partition coefficient (Wildman–Crippen LogP) is 2.41. The van der Waals surface area contributed by atoms with Crippen molar-refractivity contribution in [2.45, 2.75) is 12.5 Å². The molecule has 0 amide bonds. The van der Waals surface area contributed by atoms with Gasteiger partial charge < -0.3 is 9.47 Å². The van der Waals surface area contributed by atoms with Gasteiger partial charge in [-0.05, 0) is 24.1 Å². The number of benzene rings is 1. The molecule has 1 heterocycles. The summed E-state index contributed by atoms with van der Waals surface area (Å²) in [5.41, 5.74) is 1.16. The van der Waals surface area contributed by atoms with Gasteiger partial charge in [0.15, 0.2) is 0 Å². The summed E-state index contributed by atoms with van der Waals surface area (Å²) in [7, 11) is 0. The highest BCUT2D eigenvalue weighted by molar-refractivity contribution is 5.21. The molecule has 0 saturated carbocycles. The van der Waals surface area contributed by atoms with Crippen molar-refractivity contribution in [3.63, 3.8) is 0 Å². The van der Waals surface area contributed by atoms with Crippen molar-refractivity contribution in [2.24, 2.45) is 0 Å². The van der Waals surface area contributed by atoms with E-state index in [1.54, 1.807) is 0 Å². The second-order valence-corrected chi connectivity index (χ2v) is 3.51. The van der Waals surface area contributed by atoms with Gasteiger partial charge in [0.1, 0.15) is 12.4 Å². The van der Waals surface area contributed by atoms with Crippen molar-refractivity contribution in [3.05, 3.63) is 42.5 Å². The Labute approximate surface area is 84.2 Å². The fourth-order valence-electron chi connectivity index (χ4n) is 1.49. The number of para-hydroxylation sites is 1. The largest absolute Gasteiger partial charge is 0.491 e. The molecule has 1 aromatic carbocycles. The molecule has 2 heteroatoms. The van der Waals surface area contributed by atoms with Crippen LogP contribution in [0.3, 0.4) is 0 Å². The molecule has 0 aromatic heterocycles. The normalized spacial score (nSPS) is 21.1. The molecule has 1 saturated heterocycles. The van der Waals surface area contributed by atoms with E-state index in [0.717, 1.165) is 17.7 Å². The van der Waals surface area contributed by atoms with Crippen LogP contribution in [0.5, 0.6) is 5.75 Å². The fourth-order valence-corrected chi connectivity index (χ4v) is 1.49. The summed E-state index contributed by atoms with van der Waals surface area (Å²) in [5, 5.41) is 0. The van der Waals surface area contributed by atoms with E-state index in [1.807, 2.05) is 30.3 Å². The summed E-state index contributed by atoms with van der Waals surface area (Å²) < 4.78 is 11.0. The van der Waals surface area contributed by atoms with Crippen LogP contribution in [0.1, 0.15) is 6.42 Å². The summed E-state index contributed by atoms with van der Waals surface area (Å²) in [5.74, 6) is 0.897. The third-order valence-electron chi connectivity index (χ3n) is 2.22. The average Bonchev–Trinajstić information content (AvgIpc) is 2.63. The highest BCUT2D eigenvalue weighted by atomic mass is 16.5. The number of hydrogen-bond acceptors (Lipinski definition) is 2. The van der Waals surface area contributed by atoms with Gasteiger partial charge in [-0.3, -0.25) is 0 Å². The van der Waals surface area contributed by atoms with E-state index in [4.69, 9.17) is 9.47 Å². The van der Waals surface area contributed by atoms with Gasteiger partial charge in [-0.1, -0.05) is 24.8 Å². The molecule has 1 unspecified atom stereocenters. The molecule has 0 aliphatic carbocycles. The molecule has 0 N–H and O–H groups in total. The Morgan fingerprint density at radius 2 is 2.14 bits per heavy atom. The van der Waals surface area contributed by atoms with Crippen molar-refractivity contribution < 1.29 is 9.47 Å². The van der Waals surface area contributed by atoms with Gasteiger partial charge >= 0.3 is 0 Å². The second-order valence-electron chi connectivity index (χ2n) is 3.51. The van der Waals surface area contributed by atoms with Gasteiger partial charge in [0, 0.05) is 0 Å². The lowest BCUT2D eigenvalue weighted by Gasteiger charge is -2.10. The summed E-state index contributed by atoms with van der Waals surface area (Å²) in [4.78, 5) is 0. The molecular weight excluding hydrogens is 176 g/mol. The predicted molar refractivity (Wildman–Crippen MR) is 55.4 cm³/mol. The Kier molecular flexibility index (Phi) is 2.84. The minimum absolute atomic E-state index is 0.183. The molecule has 74 valence electrons. The quantitative estimate of drug-likeness (QED) is 0.681. The lowest BCUT2D eigenvalue weighted by molar-refractivity contribution is 0.0693. The van der Waals surface area contributed by atoms with Crippen LogP contribution in [-0.2, 0) is 4.74 Å². The van der Waals surface area contributed by atoms with Gasteiger partial charge in [0.05, 0.1) is 12.7 Å². The Hall–Kier alpha value is -1.28. The molecule has 1 aliphatic heterocycles. The average molecular weight is 190 g/mol. The van der Waals surface area contributed by atoms with E-state index < -0.39 is 0 Å². The summed E-state index contributed by atoms with van der Waals surface area (Å²) in [6, 6.07) is 9.79. The standard InChI is InChI=1S/C12H14O2/c1-10-7-12(13-8-10)9-14-11-5-3-2-4-6-11/h2-6,12H,1,7-9H2. The SMILES string of the molecule is C=C1COC(COc2ccccc2)C1. The maximum absolute atomic E-state index is 5.57. The Balaban J connectivity index is 1.80. The third-order valence-corrected chi connectivity index (χ3v) is 2.22. The van der Waals surface area contributed by atoms with Crippen LogP contribution >= 0.6 is 0 Å². The van der Waals surface area contributed by atoms with E-state index in [-0.39, 0.29) is 6.10 Å². The maximum Gasteiger partial charge on any atom is 0.119 e. The van der Waals surface area contributed by atoms with Gasteiger partial charge in [-0.2, -0.15) is 0 Å². The highest BCUT2D eigenvalue weighted by Crippen LogP contribution is 2.18. The van der Waals surface area contributed by atoms with Crippen LogP contribution in [0.4, 0.5) is 0 Å². The van der Waals surface area contributed by atoms with Crippen LogP contribution in [0.2, 0.25) is 0 Å². The Bertz CT molecular complexity index is 305. The smallest absolute Gasteiger partial charge is 0.119 e. The van der Waals surface area contributed by atoms with E-state index in [9.17, 15) is 0 Å². The molecule has 0 radical (unpaired) electrons. The number of hydrogen-bond donors (Lipinski definition) is 0. The monoisotopic (exact) mass is 190 g/mol. The molecule has 1 aliphatic rings. The Morgan fingerprint density at radius 3 is 2.79 bits per heavy atom. The summed E-state index contributed by atoms with van der Waals surface area (Å²) in [6.07, 6.45) is 1.11. The van der Waals surface area contributed by atoms with Crippen LogP contribution in [0.25, 0.3) is 0 Å². The van der Waals surface area contributed by atoms with Crippen molar-refractivity contribution in [2.75, 3.05) is 13.2 Å². The summed E-state index contributed by atoms with van der Waals surface area (Å²) in [6.45, 7) is 5.18. The van der Waals surface area contributed by atoms with E-state index in [1.165, 1.54) is 0 Å². The number of rotatable bonds is 3. The minimum atomic E-state index is 0.183. The molecule has 0 bridgehead atoms. The van der Waals surface area contributed by atoms with E-state index in [0.29, 0.717) is 13.2 Å². The van der Waals surface area contributed by atoms with Gasteiger partial charge in [0.25, 0.3) is 0 Å². The van der Waals surface area contributed by atoms with E-state index in [2.05, 4.69) is 6.58 Å². The molecule has 1 fully saturated rings. The molecule has 1 atom stereocenters. The zero-order chi connectivity index (χ0) is 9.80. The zero-order valence-electron chi connectivity index (χ0n) is 8.11. The van der Waals surface area contributed by atoms with Crippen molar-refractivity contribution in [1.82, 2.24) is 0 Å². The van der Waals surface area contributed by atoms with E-state index >= 15 is 0 Å².